The highest BCUT2D eigenvalue weighted by Crippen LogP contribution is 2.33. The van der Waals surface area contributed by atoms with Crippen LogP contribution in [0.15, 0.2) is 24.7 Å². The maximum Gasteiger partial charge on any atom is 0.175 e. The van der Waals surface area contributed by atoms with Crippen molar-refractivity contribution < 1.29 is 4.42 Å². The summed E-state index contributed by atoms with van der Waals surface area (Å²) in [6.07, 6.45) is 3.63. The Balaban J connectivity index is 3.04. The summed E-state index contributed by atoms with van der Waals surface area (Å²) >= 11 is 8.22. The Labute approximate surface area is 74.4 Å². The molecule has 0 radical (unpaired) electrons. The number of hydrogen-bond donors (Lipinski definition) is 0. The minimum atomic E-state index is 0.905. The average Bonchev–Trinajstić information content (AvgIpc) is 2.15. The summed E-state index contributed by atoms with van der Waals surface area (Å²) in [7, 11) is 0. The van der Waals surface area contributed by atoms with E-state index in [1.165, 1.54) is 0 Å². The normalized spacial score (nSPS) is 10.1. The van der Waals surface area contributed by atoms with Crippen molar-refractivity contribution in [2.75, 3.05) is 6.26 Å². The SMILES string of the molecule is CSc1occ(Br)c1Br. The fourth-order valence-corrected chi connectivity index (χ4v) is 1.95. The molecule has 0 aliphatic carbocycles. The van der Waals surface area contributed by atoms with Gasteiger partial charge in [-0.3, -0.25) is 0 Å². The van der Waals surface area contributed by atoms with Crippen LogP contribution in [0.1, 0.15) is 0 Å². The first kappa shape index (κ1) is 7.69. The van der Waals surface area contributed by atoms with Crippen molar-refractivity contribution in [2.24, 2.45) is 0 Å². The molecular weight excluding hydrogens is 268 g/mol. The van der Waals surface area contributed by atoms with Crippen LogP contribution in [0, 0.1) is 0 Å². The van der Waals surface area contributed by atoms with E-state index in [-0.39, 0.29) is 0 Å². The van der Waals surface area contributed by atoms with Gasteiger partial charge in [0.05, 0.1) is 8.95 Å². The minimum absolute atomic E-state index is 0.905. The molecule has 1 aromatic rings. The highest BCUT2D eigenvalue weighted by Gasteiger charge is 2.05. The van der Waals surface area contributed by atoms with Crippen LogP contribution in [-0.2, 0) is 0 Å². The molecule has 4 heteroatoms. The van der Waals surface area contributed by atoms with Crippen molar-refractivity contribution in [1.82, 2.24) is 0 Å². The highest BCUT2D eigenvalue weighted by atomic mass is 79.9. The molecule has 1 nitrogen and oxygen atoms in total. The van der Waals surface area contributed by atoms with E-state index in [2.05, 4.69) is 31.9 Å². The fourth-order valence-electron chi connectivity index (χ4n) is 0.444. The van der Waals surface area contributed by atoms with Gasteiger partial charge in [0.15, 0.2) is 5.09 Å². The second-order valence-electron chi connectivity index (χ2n) is 1.39. The Hall–Kier alpha value is 0.590. The van der Waals surface area contributed by atoms with Gasteiger partial charge in [0.2, 0.25) is 0 Å². The molecule has 0 aromatic carbocycles. The second-order valence-corrected chi connectivity index (χ2v) is 3.82. The fraction of sp³-hybridized carbons (Fsp3) is 0.200. The Morgan fingerprint density at radius 2 is 2.22 bits per heavy atom. The summed E-state index contributed by atoms with van der Waals surface area (Å²) in [5.74, 6) is 0. The molecule has 0 N–H and O–H groups in total. The van der Waals surface area contributed by atoms with E-state index < -0.39 is 0 Å². The van der Waals surface area contributed by atoms with Crippen LogP contribution >= 0.6 is 43.6 Å². The summed E-state index contributed by atoms with van der Waals surface area (Å²) < 4.78 is 7.07. The van der Waals surface area contributed by atoms with Gasteiger partial charge >= 0.3 is 0 Å². The summed E-state index contributed by atoms with van der Waals surface area (Å²) in [6.45, 7) is 0. The monoisotopic (exact) mass is 270 g/mol. The third-order valence-electron chi connectivity index (χ3n) is 0.844. The third kappa shape index (κ3) is 1.53. The lowest BCUT2D eigenvalue weighted by Crippen LogP contribution is -1.59. The van der Waals surface area contributed by atoms with E-state index >= 15 is 0 Å². The van der Waals surface area contributed by atoms with Gasteiger partial charge in [-0.05, 0) is 38.1 Å². The van der Waals surface area contributed by atoms with Gasteiger partial charge in [0.1, 0.15) is 6.26 Å². The molecule has 0 spiro atoms. The van der Waals surface area contributed by atoms with Gasteiger partial charge in [-0.1, -0.05) is 11.8 Å². The van der Waals surface area contributed by atoms with Gasteiger partial charge < -0.3 is 4.42 Å². The third-order valence-corrected chi connectivity index (χ3v) is 3.68. The van der Waals surface area contributed by atoms with Gasteiger partial charge in [-0.25, -0.2) is 0 Å². The maximum absolute atomic E-state index is 5.11. The molecule has 0 aliphatic heterocycles. The average molecular weight is 272 g/mol. The predicted octanol–water partition coefficient (Wildman–Crippen LogP) is 3.53. The van der Waals surface area contributed by atoms with Crippen molar-refractivity contribution in [3.05, 3.63) is 15.2 Å². The van der Waals surface area contributed by atoms with Crippen LogP contribution in [0.3, 0.4) is 0 Å². The number of thioether (sulfide) groups is 1. The Kier molecular flexibility index (Phi) is 2.67. The lowest BCUT2D eigenvalue weighted by atomic mass is 10.7. The zero-order valence-corrected chi connectivity index (χ0v) is 8.64. The van der Waals surface area contributed by atoms with Gasteiger partial charge in [-0.2, -0.15) is 0 Å². The van der Waals surface area contributed by atoms with Crippen LogP contribution in [0.4, 0.5) is 0 Å². The Morgan fingerprint density at radius 1 is 1.56 bits per heavy atom. The molecule has 0 amide bonds. The van der Waals surface area contributed by atoms with Gasteiger partial charge in [0, 0.05) is 0 Å². The summed E-state index contributed by atoms with van der Waals surface area (Å²) in [5.41, 5.74) is 0. The molecule has 1 aromatic heterocycles. The molecule has 0 atom stereocenters. The van der Waals surface area contributed by atoms with Gasteiger partial charge in [0.25, 0.3) is 0 Å². The maximum atomic E-state index is 5.11. The van der Waals surface area contributed by atoms with E-state index in [9.17, 15) is 0 Å². The summed E-state index contributed by atoms with van der Waals surface area (Å²) in [5, 5.41) is 0.905. The number of halogens is 2. The van der Waals surface area contributed by atoms with Gasteiger partial charge in [-0.15, -0.1) is 0 Å². The van der Waals surface area contributed by atoms with Crippen molar-refractivity contribution in [2.45, 2.75) is 5.09 Å². The van der Waals surface area contributed by atoms with E-state index in [0.717, 1.165) is 14.0 Å². The molecule has 1 heterocycles. The molecule has 0 saturated heterocycles. The zero-order chi connectivity index (χ0) is 6.85. The van der Waals surface area contributed by atoms with E-state index in [0.29, 0.717) is 0 Å². The molecule has 0 fully saturated rings. The minimum Gasteiger partial charge on any atom is -0.456 e. The van der Waals surface area contributed by atoms with Crippen LogP contribution in [0.2, 0.25) is 0 Å². The van der Waals surface area contributed by atoms with Crippen molar-refractivity contribution in [3.63, 3.8) is 0 Å². The van der Waals surface area contributed by atoms with Crippen molar-refractivity contribution >= 4 is 43.6 Å². The standard InChI is InChI=1S/C5H4Br2OS/c1-9-5-4(7)3(6)2-8-5/h2H,1H3. The smallest absolute Gasteiger partial charge is 0.175 e. The summed E-state index contributed by atoms with van der Waals surface area (Å²) in [6, 6.07) is 0. The van der Waals surface area contributed by atoms with Crippen molar-refractivity contribution in [1.29, 1.82) is 0 Å². The molecule has 0 unspecified atom stereocenters. The number of furan rings is 1. The van der Waals surface area contributed by atoms with Crippen LogP contribution < -0.4 is 0 Å². The molecule has 9 heavy (non-hydrogen) atoms. The van der Waals surface area contributed by atoms with Crippen LogP contribution in [0.25, 0.3) is 0 Å². The van der Waals surface area contributed by atoms with Crippen LogP contribution in [0.5, 0.6) is 0 Å². The topological polar surface area (TPSA) is 13.1 Å². The van der Waals surface area contributed by atoms with Crippen molar-refractivity contribution in [3.8, 4) is 0 Å². The van der Waals surface area contributed by atoms with E-state index in [1.54, 1.807) is 18.0 Å². The van der Waals surface area contributed by atoms with E-state index in [4.69, 9.17) is 4.42 Å². The predicted molar refractivity (Wildman–Crippen MR) is 45.9 cm³/mol. The molecular formula is C5H4Br2OS. The molecule has 0 aliphatic rings. The largest absolute Gasteiger partial charge is 0.456 e. The number of rotatable bonds is 1. The first-order valence-electron chi connectivity index (χ1n) is 2.22. The first-order valence-corrected chi connectivity index (χ1v) is 5.03. The lowest BCUT2D eigenvalue weighted by molar-refractivity contribution is 0.471. The number of hydrogen-bond acceptors (Lipinski definition) is 2. The second kappa shape index (κ2) is 3.12. The summed E-state index contributed by atoms with van der Waals surface area (Å²) in [4.78, 5) is 0. The molecule has 1 rings (SSSR count). The Bertz CT molecular complexity index is 209. The Morgan fingerprint density at radius 3 is 2.44 bits per heavy atom. The molecule has 50 valence electrons. The molecule has 0 saturated carbocycles. The first-order chi connectivity index (χ1) is 4.25. The molecule has 0 bridgehead atoms. The zero-order valence-electron chi connectivity index (χ0n) is 4.65. The quantitative estimate of drug-likeness (QED) is 0.725. The van der Waals surface area contributed by atoms with E-state index in [1.807, 2.05) is 6.26 Å². The lowest BCUT2D eigenvalue weighted by Gasteiger charge is -1.86. The van der Waals surface area contributed by atoms with Crippen LogP contribution in [-0.4, -0.2) is 6.26 Å². The highest BCUT2D eigenvalue weighted by molar-refractivity contribution is 9.13.